The SMILES string of the molecule is CCOc1ccc(C#Cc2ccc(S(N)(=O)=O)cc2)cc1. The van der Waals surface area contributed by atoms with Crippen LogP contribution in [0.1, 0.15) is 18.1 Å². The summed E-state index contributed by atoms with van der Waals surface area (Å²) in [5.41, 5.74) is 1.57. The van der Waals surface area contributed by atoms with Crippen LogP contribution < -0.4 is 9.88 Å². The fraction of sp³-hybridized carbons (Fsp3) is 0.125. The minimum atomic E-state index is -3.66. The zero-order valence-electron chi connectivity index (χ0n) is 11.5. The predicted octanol–water partition coefficient (Wildman–Crippen LogP) is 2.13. The highest BCUT2D eigenvalue weighted by atomic mass is 32.2. The summed E-state index contributed by atoms with van der Waals surface area (Å²) in [4.78, 5) is 0.0779. The van der Waals surface area contributed by atoms with Gasteiger partial charge in [0, 0.05) is 11.1 Å². The van der Waals surface area contributed by atoms with E-state index < -0.39 is 10.0 Å². The summed E-state index contributed by atoms with van der Waals surface area (Å²) in [5, 5.41) is 5.03. The lowest BCUT2D eigenvalue weighted by atomic mass is 10.2. The van der Waals surface area contributed by atoms with Crippen LogP contribution in [-0.4, -0.2) is 15.0 Å². The van der Waals surface area contributed by atoms with Gasteiger partial charge < -0.3 is 4.74 Å². The minimum absolute atomic E-state index is 0.0779. The standard InChI is InChI=1S/C16H15NO3S/c1-2-20-15-9-5-13(6-10-15)3-4-14-7-11-16(12-8-14)21(17,18)19/h5-12H,2H2,1H3,(H2,17,18,19). The molecule has 0 spiro atoms. The van der Waals surface area contributed by atoms with Crippen LogP contribution in [0, 0.1) is 11.8 Å². The van der Waals surface area contributed by atoms with Crippen molar-refractivity contribution in [3.63, 3.8) is 0 Å². The molecule has 0 unspecified atom stereocenters. The smallest absolute Gasteiger partial charge is 0.238 e. The molecule has 0 saturated carbocycles. The number of rotatable bonds is 3. The number of sulfonamides is 1. The van der Waals surface area contributed by atoms with Crippen molar-refractivity contribution in [2.75, 3.05) is 6.61 Å². The molecule has 21 heavy (non-hydrogen) atoms. The number of benzene rings is 2. The van der Waals surface area contributed by atoms with Gasteiger partial charge in [-0.2, -0.15) is 0 Å². The van der Waals surface area contributed by atoms with Gasteiger partial charge in [-0.1, -0.05) is 11.8 Å². The van der Waals surface area contributed by atoms with Gasteiger partial charge in [0.1, 0.15) is 5.75 Å². The maximum atomic E-state index is 11.1. The largest absolute Gasteiger partial charge is 0.494 e. The molecule has 0 saturated heterocycles. The molecule has 4 nitrogen and oxygen atoms in total. The summed E-state index contributed by atoms with van der Waals surface area (Å²) in [6.07, 6.45) is 0. The molecule has 0 atom stereocenters. The van der Waals surface area contributed by atoms with E-state index in [9.17, 15) is 8.42 Å². The molecule has 108 valence electrons. The van der Waals surface area contributed by atoms with Crippen molar-refractivity contribution in [2.24, 2.45) is 5.14 Å². The molecule has 2 rings (SSSR count). The van der Waals surface area contributed by atoms with Crippen molar-refractivity contribution < 1.29 is 13.2 Å². The highest BCUT2D eigenvalue weighted by Gasteiger charge is 2.05. The van der Waals surface area contributed by atoms with Crippen LogP contribution in [0.4, 0.5) is 0 Å². The Morgan fingerprint density at radius 3 is 1.86 bits per heavy atom. The van der Waals surface area contributed by atoms with Gasteiger partial charge in [-0.05, 0) is 55.5 Å². The third kappa shape index (κ3) is 4.35. The van der Waals surface area contributed by atoms with Crippen molar-refractivity contribution in [1.82, 2.24) is 0 Å². The van der Waals surface area contributed by atoms with Crippen molar-refractivity contribution in [3.8, 4) is 17.6 Å². The number of ether oxygens (including phenoxy) is 1. The van der Waals surface area contributed by atoms with Crippen molar-refractivity contribution in [2.45, 2.75) is 11.8 Å². The van der Waals surface area contributed by atoms with E-state index in [0.717, 1.165) is 16.9 Å². The summed E-state index contributed by atoms with van der Waals surface area (Å²) in [7, 11) is -3.66. The average molecular weight is 301 g/mol. The lowest BCUT2D eigenvalue weighted by Crippen LogP contribution is -2.11. The quantitative estimate of drug-likeness (QED) is 0.883. The van der Waals surface area contributed by atoms with Crippen LogP contribution in [-0.2, 0) is 10.0 Å². The van der Waals surface area contributed by atoms with E-state index in [1.54, 1.807) is 12.1 Å². The maximum Gasteiger partial charge on any atom is 0.238 e. The van der Waals surface area contributed by atoms with Gasteiger partial charge in [-0.25, -0.2) is 13.6 Å². The molecule has 0 aliphatic heterocycles. The Labute approximate surface area is 124 Å². The summed E-state index contributed by atoms with van der Waals surface area (Å²) in [6.45, 7) is 2.56. The molecular weight excluding hydrogens is 286 g/mol. The Kier molecular flexibility index (Phi) is 4.63. The zero-order chi connectivity index (χ0) is 15.3. The van der Waals surface area contributed by atoms with E-state index in [1.807, 2.05) is 31.2 Å². The van der Waals surface area contributed by atoms with Crippen LogP contribution in [0.3, 0.4) is 0 Å². The summed E-state index contributed by atoms with van der Waals surface area (Å²) < 4.78 is 27.6. The van der Waals surface area contributed by atoms with Gasteiger partial charge in [-0.3, -0.25) is 0 Å². The molecular formula is C16H15NO3S. The molecule has 2 aromatic carbocycles. The predicted molar refractivity (Wildman–Crippen MR) is 81.4 cm³/mol. The van der Waals surface area contributed by atoms with Crippen molar-refractivity contribution in [1.29, 1.82) is 0 Å². The second-order valence-electron chi connectivity index (χ2n) is 4.28. The Morgan fingerprint density at radius 2 is 1.43 bits per heavy atom. The first-order valence-electron chi connectivity index (χ1n) is 6.37. The number of hydrogen-bond donors (Lipinski definition) is 1. The average Bonchev–Trinajstić information content (AvgIpc) is 2.46. The fourth-order valence-corrected chi connectivity index (χ4v) is 2.19. The first kappa shape index (κ1) is 15.1. The number of hydrogen-bond acceptors (Lipinski definition) is 3. The van der Waals surface area contributed by atoms with E-state index in [2.05, 4.69) is 11.8 Å². The molecule has 2 N–H and O–H groups in total. The van der Waals surface area contributed by atoms with E-state index in [-0.39, 0.29) is 4.90 Å². The first-order valence-corrected chi connectivity index (χ1v) is 7.91. The second-order valence-corrected chi connectivity index (χ2v) is 5.84. The normalized spacial score (nSPS) is 10.6. The second kappa shape index (κ2) is 6.44. The van der Waals surface area contributed by atoms with E-state index >= 15 is 0 Å². The monoisotopic (exact) mass is 301 g/mol. The maximum absolute atomic E-state index is 11.1. The van der Waals surface area contributed by atoms with Crippen LogP contribution >= 0.6 is 0 Å². The van der Waals surface area contributed by atoms with E-state index in [4.69, 9.17) is 9.88 Å². The molecule has 0 heterocycles. The first-order chi connectivity index (χ1) is 9.99. The van der Waals surface area contributed by atoms with Gasteiger partial charge in [0.15, 0.2) is 0 Å². The van der Waals surface area contributed by atoms with Gasteiger partial charge in [0.25, 0.3) is 0 Å². The number of primary sulfonamides is 1. The summed E-state index contributed by atoms with van der Waals surface area (Å²) in [6, 6.07) is 13.6. The van der Waals surface area contributed by atoms with Crippen LogP contribution in [0.25, 0.3) is 0 Å². The molecule has 0 radical (unpaired) electrons. The molecule has 2 aromatic rings. The Hall–Kier alpha value is -2.29. The third-order valence-electron chi connectivity index (χ3n) is 2.70. The number of nitrogens with two attached hydrogens (primary N) is 1. The van der Waals surface area contributed by atoms with E-state index in [1.165, 1.54) is 12.1 Å². The molecule has 0 aromatic heterocycles. The summed E-state index contributed by atoms with van der Waals surface area (Å²) in [5.74, 6) is 6.77. The zero-order valence-corrected chi connectivity index (χ0v) is 12.4. The van der Waals surface area contributed by atoms with Gasteiger partial charge in [-0.15, -0.1) is 0 Å². The summed E-state index contributed by atoms with van der Waals surface area (Å²) >= 11 is 0. The van der Waals surface area contributed by atoms with Crippen LogP contribution in [0.15, 0.2) is 53.4 Å². The van der Waals surface area contributed by atoms with Crippen molar-refractivity contribution >= 4 is 10.0 Å². The molecule has 0 bridgehead atoms. The molecule has 0 aliphatic rings. The lowest BCUT2D eigenvalue weighted by Gasteiger charge is -2.01. The third-order valence-corrected chi connectivity index (χ3v) is 3.63. The van der Waals surface area contributed by atoms with E-state index in [0.29, 0.717) is 6.61 Å². The fourth-order valence-electron chi connectivity index (χ4n) is 1.67. The molecule has 0 fully saturated rings. The Bertz CT molecular complexity index is 767. The topological polar surface area (TPSA) is 69.4 Å². The van der Waals surface area contributed by atoms with Gasteiger partial charge >= 0.3 is 0 Å². The highest BCUT2D eigenvalue weighted by molar-refractivity contribution is 7.89. The molecule has 5 heteroatoms. The van der Waals surface area contributed by atoms with Gasteiger partial charge in [0.2, 0.25) is 10.0 Å². The minimum Gasteiger partial charge on any atom is -0.494 e. The lowest BCUT2D eigenvalue weighted by molar-refractivity contribution is 0.340. The van der Waals surface area contributed by atoms with Crippen LogP contribution in [0.5, 0.6) is 5.75 Å². The van der Waals surface area contributed by atoms with Crippen LogP contribution in [0.2, 0.25) is 0 Å². The van der Waals surface area contributed by atoms with Crippen molar-refractivity contribution in [3.05, 3.63) is 59.7 Å². The highest BCUT2D eigenvalue weighted by Crippen LogP contribution is 2.12. The molecule has 0 aliphatic carbocycles. The molecule has 0 amide bonds. The van der Waals surface area contributed by atoms with Gasteiger partial charge in [0.05, 0.1) is 11.5 Å². The Morgan fingerprint density at radius 1 is 0.952 bits per heavy atom. The Balaban J connectivity index is 2.15.